The van der Waals surface area contributed by atoms with Gasteiger partial charge in [0.2, 0.25) is 0 Å². The van der Waals surface area contributed by atoms with Crippen molar-refractivity contribution < 1.29 is 14.6 Å². The third kappa shape index (κ3) is 2.96. The van der Waals surface area contributed by atoms with Gasteiger partial charge < -0.3 is 10.2 Å². The highest BCUT2D eigenvalue weighted by atomic mass is 19.1. The Morgan fingerprint density at radius 1 is 1.00 bits per heavy atom. The predicted molar refractivity (Wildman–Crippen MR) is 113 cm³/mol. The van der Waals surface area contributed by atoms with Crippen LogP contribution >= 0.6 is 0 Å². The molecule has 4 aliphatic rings. The number of hydrogen-bond donors (Lipinski definition) is 2. The molecule has 0 heterocycles. The Morgan fingerprint density at radius 3 is 2.52 bits per heavy atom. The van der Waals surface area contributed by atoms with E-state index in [4.69, 9.17) is 0 Å². The van der Waals surface area contributed by atoms with Crippen molar-refractivity contribution in [3.05, 3.63) is 52.9 Å². The molecule has 0 saturated heterocycles. The van der Waals surface area contributed by atoms with Crippen LogP contribution in [0.5, 0.6) is 0 Å². The van der Waals surface area contributed by atoms with Gasteiger partial charge in [-0.25, -0.2) is 4.39 Å². The molecule has 0 unspecified atom stereocenters. The summed E-state index contributed by atoms with van der Waals surface area (Å²) in [5, 5.41) is 21.5. The van der Waals surface area contributed by atoms with E-state index in [1.165, 1.54) is 24.1 Å². The monoisotopic (exact) mass is 396 g/mol. The first-order valence-corrected chi connectivity index (χ1v) is 11.3. The molecule has 0 amide bonds. The van der Waals surface area contributed by atoms with E-state index in [0.717, 1.165) is 49.7 Å². The van der Waals surface area contributed by atoms with Gasteiger partial charge in [-0.2, -0.15) is 0 Å². The smallest absolute Gasteiger partial charge is 0.123 e. The zero-order valence-electron chi connectivity index (χ0n) is 17.6. The second-order valence-electron chi connectivity index (χ2n) is 10.6. The highest BCUT2D eigenvalue weighted by Crippen LogP contribution is 2.65. The Kier molecular flexibility index (Phi) is 4.56. The summed E-state index contributed by atoms with van der Waals surface area (Å²) < 4.78 is 13.3. The lowest BCUT2D eigenvalue weighted by Gasteiger charge is -2.57. The van der Waals surface area contributed by atoms with Gasteiger partial charge in [0, 0.05) is 5.41 Å². The van der Waals surface area contributed by atoms with Crippen LogP contribution in [0.4, 0.5) is 4.39 Å². The van der Waals surface area contributed by atoms with Crippen LogP contribution in [0.25, 0.3) is 6.08 Å². The van der Waals surface area contributed by atoms with E-state index < -0.39 is 6.10 Å². The molecule has 2 nitrogen and oxygen atoms in total. The first-order chi connectivity index (χ1) is 13.8. The van der Waals surface area contributed by atoms with Gasteiger partial charge in [-0.3, -0.25) is 0 Å². The summed E-state index contributed by atoms with van der Waals surface area (Å²) in [5.41, 5.74) is 3.73. The third-order valence-corrected chi connectivity index (χ3v) is 9.17. The molecule has 7 atom stereocenters. The first kappa shape index (κ1) is 19.5. The van der Waals surface area contributed by atoms with Gasteiger partial charge >= 0.3 is 0 Å². The molecule has 156 valence electrons. The van der Waals surface area contributed by atoms with Gasteiger partial charge in [0.1, 0.15) is 5.82 Å². The van der Waals surface area contributed by atoms with Gasteiger partial charge in [-0.15, -0.1) is 0 Å². The lowest BCUT2D eigenvalue weighted by molar-refractivity contribution is -0.0685. The summed E-state index contributed by atoms with van der Waals surface area (Å²) in [6.07, 6.45) is 11.0. The van der Waals surface area contributed by atoms with Gasteiger partial charge in [0.15, 0.2) is 0 Å². The van der Waals surface area contributed by atoms with Crippen molar-refractivity contribution in [3.63, 3.8) is 0 Å². The molecule has 3 fully saturated rings. The van der Waals surface area contributed by atoms with Crippen LogP contribution in [0, 0.1) is 34.4 Å². The minimum Gasteiger partial charge on any atom is -0.393 e. The highest BCUT2D eigenvalue weighted by molar-refractivity contribution is 5.55. The van der Waals surface area contributed by atoms with E-state index in [1.807, 2.05) is 0 Å². The van der Waals surface area contributed by atoms with E-state index in [2.05, 4.69) is 26.0 Å². The molecule has 0 radical (unpaired) electrons. The van der Waals surface area contributed by atoms with Gasteiger partial charge in [0.25, 0.3) is 0 Å². The third-order valence-electron chi connectivity index (χ3n) is 9.17. The number of hydrogen-bond acceptors (Lipinski definition) is 2. The lowest BCUT2D eigenvalue weighted by Crippen LogP contribution is -2.51. The second kappa shape index (κ2) is 6.78. The zero-order valence-corrected chi connectivity index (χ0v) is 17.6. The van der Waals surface area contributed by atoms with E-state index in [-0.39, 0.29) is 22.8 Å². The fourth-order valence-corrected chi connectivity index (χ4v) is 7.41. The molecule has 1 aromatic carbocycles. The Labute approximate surface area is 173 Å². The quantitative estimate of drug-likeness (QED) is 0.615. The number of allylic oxidation sites excluding steroid dienone is 1. The molecule has 5 rings (SSSR count). The molecule has 0 aliphatic heterocycles. The van der Waals surface area contributed by atoms with Crippen LogP contribution in [-0.4, -0.2) is 22.4 Å². The summed E-state index contributed by atoms with van der Waals surface area (Å²) >= 11 is 0. The van der Waals surface area contributed by atoms with Crippen LogP contribution in [0.1, 0.15) is 64.4 Å². The number of halogens is 1. The van der Waals surface area contributed by atoms with Crippen molar-refractivity contribution in [3.8, 4) is 0 Å². The van der Waals surface area contributed by atoms with E-state index in [1.54, 1.807) is 12.1 Å². The fourth-order valence-electron chi connectivity index (χ4n) is 7.41. The SMILES string of the molecule is C[C@@]12CC[C@@H]3[C@H](CC=C4C[C@@H](O)CC[C@@]43C)[C@H]1C/C(=C/c1ccc(F)cc1)[C@@H]2O. The van der Waals surface area contributed by atoms with Crippen molar-refractivity contribution in [1.82, 2.24) is 0 Å². The summed E-state index contributed by atoms with van der Waals surface area (Å²) in [7, 11) is 0. The topological polar surface area (TPSA) is 40.5 Å². The number of fused-ring (bicyclic) bond motifs is 5. The molecule has 3 saturated carbocycles. The van der Waals surface area contributed by atoms with Crippen molar-refractivity contribution in [1.29, 1.82) is 0 Å². The van der Waals surface area contributed by atoms with Gasteiger partial charge in [-0.1, -0.05) is 43.7 Å². The minimum absolute atomic E-state index is 0.0666. The number of benzene rings is 1. The van der Waals surface area contributed by atoms with Crippen molar-refractivity contribution in [2.75, 3.05) is 0 Å². The minimum atomic E-state index is -0.412. The van der Waals surface area contributed by atoms with Crippen molar-refractivity contribution >= 4 is 6.08 Å². The number of aliphatic hydroxyl groups is 2. The highest BCUT2D eigenvalue weighted by Gasteiger charge is 2.59. The summed E-state index contributed by atoms with van der Waals surface area (Å²) in [6, 6.07) is 6.58. The molecule has 2 N–H and O–H groups in total. The molecule has 0 spiro atoms. The van der Waals surface area contributed by atoms with Gasteiger partial charge in [0.05, 0.1) is 12.2 Å². The first-order valence-electron chi connectivity index (χ1n) is 11.3. The second-order valence-corrected chi connectivity index (χ2v) is 10.6. The van der Waals surface area contributed by atoms with E-state index >= 15 is 0 Å². The predicted octanol–water partition coefficient (Wildman–Crippen LogP) is 5.50. The van der Waals surface area contributed by atoms with Crippen LogP contribution in [0.15, 0.2) is 41.5 Å². The summed E-state index contributed by atoms with van der Waals surface area (Å²) in [5.74, 6) is 1.53. The van der Waals surface area contributed by atoms with E-state index in [0.29, 0.717) is 17.8 Å². The fraction of sp³-hybridized carbons (Fsp3) is 0.615. The molecule has 0 bridgehead atoms. The lowest BCUT2D eigenvalue weighted by atomic mass is 9.48. The average molecular weight is 397 g/mol. The molecule has 4 aliphatic carbocycles. The Bertz CT molecular complexity index is 856. The average Bonchev–Trinajstić information content (AvgIpc) is 2.95. The van der Waals surface area contributed by atoms with Crippen molar-refractivity contribution in [2.45, 2.75) is 71.0 Å². The molecular weight excluding hydrogens is 363 g/mol. The normalized spacial score (nSPS) is 45.3. The van der Waals surface area contributed by atoms with E-state index in [9.17, 15) is 14.6 Å². The molecule has 0 aromatic heterocycles. The summed E-state index contributed by atoms with van der Waals surface area (Å²) in [6.45, 7) is 4.72. The number of aliphatic hydroxyl groups excluding tert-OH is 2. The molecule has 29 heavy (non-hydrogen) atoms. The van der Waals surface area contributed by atoms with Crippen LogP contribution < -0.4 is 0 Å². The van der Waals surface area contributed by atoms with Crippen molar-refractivity contribution in [2.24, 2.45) is 28.6 Å². The molecular formula is C26H33FO2. The largest absolute Gasteiger partial charge is 0.393 e. The van der Waals surface area contributed by atoms with Gasteiger partial charge in [-0.05, 0) is 91.4 Å². The maximum Gasteiger partial charge on any atom is 0.123 e. The molecule has 3 heteroatoms. The Morgan fingerprint density at radius 2 is 1.76 bits per heavy atom. The Hall–Kier alpha value is -1.45. The van der Waals surface area contributed by atoms with Crippen LogP contribution in [-0.2, 0) is 0 Å². The Balaban J connectivity index is 1.46. The van der Waals surface area contributed by atoms with Crippen LogP contribution in [0.3, 0.4) is 0 Å². The molecule has 1 aromatic rings. The standard InChI is InChI=1S/C26H33FO2/c1-25-11-9-20(28)15-18(25)5-8-21-22(25)10-12-26(2)23(21)14-17(24(26)29)13-16-3-6-19(27)7-4-16/h3-7,13,20-24,28-29H,8-12,14-15H2,1-2H3/b17-13-/t20-,21-,22+,23+,24-,25-,26+/m0/s1. The zero-order chi connectivity index (χ0) is 20.4. The maximum atomic E-state index is 13.3. The summed E-state index contributed by atoms with van der Waals surface area (Å²) in [4.78, 5) is 0. The number of rotatable bonds is 1. The van der Waals surface area contributed by atoms with Crippen LogP contribution in [0.2, 0.25) is 0 Å². The maximum absolute atomic E-state index is 13.3.